The first-order valence-electron chi connectivity index (χ1n) is 7.14. The zero-order chi connectivity index (χ0) is 18.8. The van der Waals surface area contributed by atoms with Gasteiger partial charge in [0.25, 0.3) is 0 Å². The van der Waals surface area contributed by atoms with Gasteiger partial charge >= 0.3 is 6.18 Å². The molecule has 0 saturated heterocycles. The van der Waals surface area contributed by atoms with Crippen molar-refractivity contribution in [1.29, 1.82) is 0 Å². The molecule has 0 aromatic heterocycles. The lowest BCUT2D eigenvalue weighted by molar-refractivity contribution is -0.137. The molecule has 0 aliphatic carbocycles. The molecule has 0 saturated carbocycles. The Bertz CT molecular complexity index is 851. The second-order valence-corrected chi connectivity index (χ2v) is 8.48. The van der Waals surface area contributed by atoms with Gasteiger partial charge in [0, 0.05) is 30.8 Å². The highest BCUT2D eigenvalue weighted by atomic mass is 79.9. The highest BCUT2D eigenvalue weighted by molar-refractivity contribution is 9.10. The molecule has 2 aromatic carbocycles. The van der Waals surface area contributed by atoms with E-state index in [-0.39, 0.29) is 4.90 Å². The quantitative estimate of drug-likeness (QED) is 0.758. The van der Waals surface area contributed by atoms with Gasteiger partial charge < -0.3 is 5.32 Å². The smallest absolute Gasteiger partial charge is 0.380 e. The molecule has 0 heterocycles. The third kappa shape index (κ3) is 4.74. The Morgan fingerprint density at radius 3 is 2.16 bits per heavy atom. The van der Waals surface area contributed by atoms with Crippen molar-refractivity contribution in [3.8, 4) is 0 Å². The van der Waals surface area contributed by atoms with Gasteiger partial charge in [-0.3, -0.25) is 0 Å². The molecule has 0 spiro atoms. The molecule has 25 heavy (non-hydrogen) atoms. The van der Waals surface area contributed by atoms with E-state index in [9.17, 15) is 21.6 Å². The minimum Gasteiger partial charge on any atom is -0.380 e. The van der Waals surface area contributed by atoms with Crippen LogP contribution in [0.1, 0.15) is 11.1 Å². The molecule has 1 N–H and O–H groups in total. The molecule has 9 heteroatoms. The molecule has 0 unspecified atom stereocenters. The Morgan fingerprint density at radius 2 is 1.68 bits per heavy atom. The number of hydrogen-bond donors (Lipinski definition) is 1. The monoisotopic (exact) mass is 436 g/mol. The second-order valence-electron chi connectivity index (χ2n) is 5.48. The highest BCUT2D eigenvalue weighted by Crippen LogP contribution is 2.30. The standard InChI is InChI=1S/C16H16BrF3N2O2S/c1-22(2)25(23,24)13-7-8-15(14(17)9-13)21-10-11-3-5-12(6-4-11)16(18,19)20/h3-9,21H,10H2,1-2H3. The topological polar surface area (TPSA) is 49.4 Å². The first-order valence-corrected chi connectivity index (χ1v) is 9.37. The largest absolute Gasteiger partial charge is 0.416 e. The van der Waals surface area contributed by atoms with Crippen molar-refractivity contribution in [2.45, 2.75) is 17.6 Å². The van der Waals surface area contributed by atoms with Crippen molar-refractivity contribution in [1.82, 2.24) is 4.31 Å². The SMILES string of the molecule is CN(C)S(=O)(=O)c1ccc(NCc2ccc(C(F)(F)F)cc2)c(Br)c1. The number of nitrogens with zero attached hydrogens (tertiary/aromatic N) is 1. The zero-order valence-corrected chi connectivity index (χ0v) is 15.8. The summed E-state index contributed by atoms with van der Waals surface area (Å²) in [7, 11) is -0.644. The minimum absolute atomic E-state index is 0.143. The maximum absolute atomic E-state index is 12.5. The summed E-state index contributed by atoms with van der Waals surface area (Å²) in [5.74, 6) is 0. The van der Waals surface area contributed by atoms with Gasteiger partial charge in [-0.2, -0.15) is 13.2 Å². The summed E-state index contributed by atoms with van der Waals surface area (Å²) in [4.78, 5) is 0.143. The Kier molecular flexibility index (Phi) is 5.80. The molecule has 4 nitrogen and oxygen atoms in total. The van der Waals surface area contributed by atoms with Crippen molar-refractivity contribution in [3.05, 3.63) is 58.1 Å². The van der Waals surface area contributed by atoms with E-state index in [1.165, 1.54) is 38.4 Å². The Morgan fingerprint density at radius 1 is 1.08 bits per heavy atom. The molecular formula is C16H16BrF3N2O2S. The predicted octanol–water partition coefficient (Wildman–Crippen LogP) is 4.33. The Labute approximate surface area is 152 Å². The molecule has 0 atom stereocenters. The van der Waals surface area contributed by atoms with Crippen molar-refractivity contribution in [3.63, 3.8) is 0 Å². The number of hydrogen-bond acceptors (Lipinski definition) is 3. The van der Waals surface area contributed by atoms with E-state index >= 15 is 0 Å². The summed E-state index contributed by atoms with van der Waals surface area (Å²) in [5, 5.41) is 3.06. The van der Waals surface area contributed by atoms with Gasteiger partial charge in [0.05, 0.1) is 10.5 Å². The van der Waals surface area contributed by atoms with Crippen molar-refractivity contribution >= 4 is 31.6 Å². The number of rotatable bonds is 5. The van der Waals surface area contributed by atoms with Crippen molar-refractivity contribution in [2.75, 3.05) is 19.4 Å². The fourth-order valence-corrected chi connectivity index (χ4v) is 3.62. The van der Waals surface area contributed by atoms with Crippen LogP contribution in [-0.4, -0.2) is 26.8 Å². The summed E-state index contributed by atoms with van der Waals surface area (Å²) >= 11 is 3.31. The molecule has 0 fully saturated rings. The van der Waals surface area contributed by atoms with Gasteiger partial charge in [0.1, 0.15) is 0 Å². The molecule has 136 valence electrons. The fourth-order valence-electron chi connectivity index (χ4n) is 2.02. The van der Waals surface area contributed by atoms with Gasteiger partial charge in [0.15, 0.2) is 0 Å². The summed E-state index contributed by atoms with van der Waals surface area (Å²) in [6.45, 7) is 0.302. The van der Waals surface area contributed by atoms with Gasteiger partial charge in [0.2, 0.25) is 10.0 Å². The highest BCUT2D eigenvalue weighted by Gasteiger charge is 2.29. The number of alkyl halides is 3. The maximum Gasteiger partial charge on any atom is 0.416 e. The molecule has 0 radical (unpaired) electrons. The van der Waals surface area contributed by atoms with Crippen LogP contribution in [0.4, 0.5) is 18.9 Å². The summed E-state index contributed by atoms with van der Waals surface area (Å²) < 4.78 is 63.4. The van der Waals surface area contributed by atoms with E-state index in [2.05, 4.69) is 21.2 Å². The van der Waals surface area contributed by atoms with Gasteiger partial charge in [-0.25, -0.2) is 12.7 Å². The van der Waals surface area contributed by atoms with Gasteiger partial charge in [-0.05, 0) is 51.8 Å². The first-order chi connectivity index (χ1) is 11.5. The van der Waals surface area contributed by atoms with Crippen molar-refractivity contribution < 1.29 is 21.6 Å². The molecule has 0 bridgehead atoms. The van der Waals surface area contributed by atoms with E-state index in [1.807, 2.05) is 0 Å². The van der Waals surface area contributed by atoms with E-state index < -0.39 is 21.8 Å². The van der Waals surface area contributed by atoms with E-state index in [4.69, 9.17) is 0 Å². The number of benzene rings is 2. The van der Waals surface area contributed by atoms with Crippen LogP contribution in [0.5, 0.6) is 0 Å². The molecular weight excluding hydrogens is 421 g/mol. The number of sulfonamides is 1. The Balaban J connectivity index is 2.11. The average Bonchev–Trinajstić information content (AvgIpc) is 2.53. The minimum atomic E-state index is -4.36. The lowest BCUT2D eigenvalue weighted by Crippen LogP contribution is -2.22. The number of anilines is 1. The second kappa shape index (κ2) is 7.35. The number of halogens is 4. The van der Waals surface area contributed by atoms with Crippen LogP contribution in [-0.2, 0) is 22.7 Å². The third-order valence-electron chi connectivity index (χ3n) is 3.48. The van der Waals surface area contributed by atoms with Crippen LogP contribution in [0.25, 0.3) is 0 Å². The molecule has 0 aliphatic heterocycles. The molecule has 0 amide bonds. The van der Waals surface area contributed by atoms with E-state index in [0.29, 0.717) is 22.3 Å². The lowest BCUT2D eigenvalue weighted by atomic mass is 10.1. The molecule has 2 rings (SSSR count). The first kappa shape index (κ1) is 19.7. The predicted molar refractivity (Wildman–Crippen MR) is 93.8 cm³/mol. The average molecular weight is 437 g/mol. The third-order valence-corrected chi connectivity index (χ3v) is 5.95. The Hall–Kier alpha value is -1.58. The molecule has 2 aromatic rings. The van der Waals surface area contributed by atoms with Crippen LogP contribution < -0.4 is 5.32 Å². The normalized spacial score (nSPS) is 12.4. The fraction of sp³-hybridized carbons (Fsp3) is 0.250. The van der Waals surface area contributed by atoms with Crippen LogP contribution in [0.15, 0.2) is 51.8 Å². The summed E-state index contributed by atoms with van der Waals surface area (Å²) in [6, 6.07) is 9.39. The summed E-state index contributed by atoms with van der Waals surface area (Å²) in [6.07, 6.45) is -4.36. The van der Waals surface area contributed by atoms with E-state index in [0.717, 1.165) is 16.4 Å². The van der Waals surface area contributed by atoms with Crippen LogP contribution in [0.2, 0.25) is 0 Å². The zero-order valence-electron chi connectivity index (χ0n) is 13.4. The van der Waals surface area contributed by atoms with Crippen LogP contribution >= 0.6 is 15.9 Å². The maximum atomic E-state index is 12.5. The van der Waals surface area contributed by atoms with Gasteiger partial charge in [-0.15, -0.1) is 0 Å². The molecule has 0 aliphatic rings. The van der Waals surface area contributed by atoms with Crippen molar-refractivity contribution in [2.24, 2.45) is 0 Å². The van der Waals surface area contributed by atoms with Gasteiger partial charge in [-0.1, -0.05) is 12.1 Å². The van der Waals surface area contributed by atoms with Crippen LogP contribution in [0.3, 0.4) is 0 Å². The van der Waals surface area contributed by atoms with Crippen LogP contribution in [0, 0.1) is 0 Å². The summed E-state index contributed by atoms with van der Waals surface area (Å²) in [5.41, 5.74) is 0.609. The lowest BCUT2D eigenvalue weighted by Gasteiger charge is -2.14. The van der Waals surface area contributed by atoms with E-state index in [1.54, 1.807) is 6.07 Å². The number of nitrogens with one attached hydrogen (secondary N) is 1.